The molecule has 3 N–H and O–H groups in total. The van der Waals surface area contributed by atoms with Gasteiger partial charge in [-0.1, -0.05) is 69.9 Å². The van der Waals surface area contributed by atoms with E-state index in [-0.39, 0.29) is 12.2 Å². The normalized spacial score (nSPS) is 10.8. The molecular formula is C25H28O8. The van der Waals surface area contributed by atoms with Gasteiger partial charge in [0.2, 0.25) is 0 Å². The number of hydrogen-bond donors (Lipinski definition) is 3. The summed E-state index contributed by atoms with van der Waals surface area (Å²) in [7, 11) is 0. The van der Waals surface area contributed by atoms with Crippen LogP contribution in [0.1, 0.15) is 87.4 Å². The lowest BCUT2D eigenvalue weighted by Crippen LogP contribution is -2.22. The van der Waals surface area contributed by atoms with E-state index >= 15 is 0 Å². The van der Waals surface area contributed by atoms with E-state index in [1.54, 1.807) is 30.3 Å². The second kappa shape index (κ2) is 11.8. The lowest BCUT2D eigenvalue weighted by Gasteiger charge is -2.16. The number of carboxylic acids is 3. The minimum absolute atomic E-state index is 0.0312. The fraction of sp³-hybridized carbons (Fsp3) is 0.360. The molecule has 0 heterocycles. The average molecular weight is 456 g/mol. The van der Waals surface area contributed by atoms with Gasteiger partial charge in [0.1, 0.15) is 0 Å². The predicted octanol–water partition coefficient (Wildman–Crippen LogP) is 5.21. The number of carbonyl (C=O) groups excluding carboxylic acids is 1. The predicted molar refractivity (Wildman–Crippen MR) is 121 cm³/mol. The SMILES string of the molecule is CC(C)CCCCCCOC(=O)c1c(C(=O)O)c(C(=O)O)cc(-c2ccccc2)c1C(=O)O. The first kappa shape index (κ1) is 25.6. The van der Waals surface area contributed by atoms with Crippen LogP contribution in [0.25, 0.3) is 11.1 Å². The van der Waals surface area contributed by atoms with Crippen LogP contribution in [0.5, 0.6) is 0 Å². The lowest BCUT2D eigenvalue weighted by atomic mass is 9.88. The highest BCUT2D eigenvalue weighted by Gasteiger charge is 2.33. The zero-order valence-corrected chi connectivity index (χ0v) is 18.7. The zero-order valence-electron chi connectivity index (χ0n) is 18.7. The third-order valence-corrected chi connectivity index (χ3v) is 5.18. The second-order valence-electron chi connectivity index (χ2n) is 8.11. The number of ether oxygens (including phenoxy) is 1. The van der Waals surface area contributed by atoms with Gasteiger partial charge in [0, 0.05) is 0 Å². The Bertz CT molecular complexity index is 1020. The highest BCUT2D eigenvalue weighted by atomic mass is 16.5. The minimum atomic E-state index is -1.73. The van der Waals surface area contributed by atoms with E-state index in [4.69, 9.17) is 4.74 Å². The summed E-state index contributed by atoms with van der Waals surface area (Å²) in [5, 5.41) is 29.1. The van der Waals surface area contributed by atoms with Crippen molar-refractivity contribution in [1.29, 1.82) is 0 Å². The summed E-state index contributed by atoms with van der Waals surface area (Å²) in [5.74, 6) is -5.45. The lowest BCUT2D eigenvalue weighted by molar-refractivity contribution is 0.0477. The quantitative estimate of drug-likeness (QED) is 0.292. The van der Waals surface area contributed by atoms with Crippen molar-refractivity contribution in [3.8, 4) is 11.1 Å². The van der Waals surface area contributed by atoms with Crippen molar-refractivity contribution in [3.05, 3.63) is 58.7 Å². The number of rotatable bonds is 12. The molecule has 8 nitrogen and oxygen atoms in total. The van der Waals surface area contributed by atoms with E-state index in [1.807, 2.05) is 0 Å². The van der Waals surface area contributed by atoms with E-state index < -0.39 is 46.1 Å². The Hall–Kier alpha value is -3.68. The van der Waals surface area contributed by atoms with Gasteiger partial charge in [-0.2, -0.15) is 0 Å². The van der Waals surface area contributed by atoms with Gasteiger partial charge in [-0.25, -0.2) is 19.2 Å². The largest absolute Gasteiger partial charge is 0.478 e. The molecule has 2 rings (SSSR count). The topological polar surface area (TPSA) is 138 Å². The van der Waals surface area contributed by atoms with Crippen LogP contribution in [0.4, 0.5) is 0 Å². The van der Waals surface area contributed by atoms with Crippen molar-refractivity contribution in [2.45, 2.75) is 46.0 Å². The molecule has 0 aromatic heterocycles. The molecule has 176 valence electrons. The molecule has 33 heavy (non-hydrogen) atoms. The first-order valence-electron chi connectivity index (χ1n) is 10.8. The summed E-state index contributed by atoms with van der Waals surface area (Å²) in [6, 6.07) is 8.97. The zero-order chi connectivity index (χ0) is 24.5. The summed E-state index contributed by atoms with van der Waals surface area (Å²) in [4.78, 5) is 48.7. The third-order valence-electron chi connectivity index (χ3n) is 5.18. The van der Waals surface area contributed by atoms with Crippen molar-refractivity contribution in [2.24, 2.45) is 5.92 Å². The van der Waals surface area contributed by atoms with Crippen LogP contribution in [-0.2, 0) is 4.74 Å². The standard InChI is InChI=1S/C25H28O8/c1-15(2)10-6-3-4-9-13-33-25(32)21-19(23(28)29)17(16-11-7-5-8-12-16)14-18(22(26)27)20(21)24(30)31/h5,7-8,11-12,14-15H,3-4,6,9-10,13H2,1-2H3,(H,26,27)(H,28,29)(H,30,31). The number of hydrogen-bond acceptors (Lipinski definition) is 5. The van der Waals surface area contributed by atoms with Gasteiger partial charge in [-0.15, -0.1) is 0 Å². The van der Waals surface area contributed by atoms with Gasteiger partial charge >= 0.3 is 23.9 Å². The smallest absolute Gasteiger partial charge is 0.339 e. The number of carboxylic acid groups (broad SMARTS) is 3. The number of benzene rings is 2. The Labute approximate surface area is 191 Å². The fourth-order valence-electron chi connectivity index (χ4n) is 3.59. The van der Waals surface area contributed by atoms with Crippen molar-refractivity contribution in [3.63, 3.8) is 0 Å². The Balaban J connectivity index is 2.45. The Morgan fingerprint density at radius 2 is 1.39 bits per heavy atom. The molecule has 0 unspecified atom stereocenters. The molecule has 0 atom stereocenters. The van der Waals surface area contributed by atoms with E-state index in [0.717, 1.165) is 31.7 Å². The van der Waals surface area contributed by atoms with Crippen molar-refractivity contribution in [2.75, 3.05) is 6.61 Å². The van der Waals surface area contributed by atoms with Crippen molar-refractivity contribution >= 4 is 23.9 Å². The van der Waals surface area contributed by atoms with Gasteiger partial charge in [0.25, 0.3) is 0 Å². The molecule has 0 saturated carbocycles. The molecule has 0 radical (unpaired) electrons. The summed E-state index contributed by atoms with van der Waals surface area (Å²) < 4.78 is 5.20. The number of esters is 1. The second-order valence-corrected chi connectivity index (χ2v) is 8.11. The monoisotopic (exact) mass is 456 g/mol. The molecule has 2 aromatic rings. The van der Waals surface area contributed by atoms with Crippen LogP contribution >= 0.6 is 0 Å². The van der Waals surface area contributed by atoms with Gasteiger partial charge in [0.15, 0.2) is 0 Å². The maximum Gasteiger partial charge on any atom is 0.339 e. The molecule has 8 heteroatoms. The molecule has 0 aliphatic carbocycles. The molecule has 0 fully saturated rings. The van der Waals surface area contributed by atoms with E-state index in [1.165, 1.54) is 0 Å². The number of carbonyl (C=O) groups is 4. The van der Waals surface area contributed by atoms with Gasteiger partial charge in [-0.05, 0) is 29.5 Å². The van der Waals surface area contributed by atoms with Crippen LogP contribution in [0.15, 0.2) is 36.4 Å². The molecular weight excluding hydrogens is 428 g/mol. The molecule has 0 bridgehead atoms. The summed E-state index contributed by atoms with van der Waals surface area (Å²) in [6.45, 7) is 4.24. The van der Waals surface area contributed by atoms with E-state index in [0.29, 0.717) is 17.9 Å². The first-order valence-corrected chi connectivity index (χ1v) is 10.8. The fourth-order valence-corrected chi connectivity index (χ4v) is 3.59. The van der Waals surface area contributed by atoms with Crippen LogP contribution in [0.2, 0.25) is 0 Å². The Morgan fingerprint density at radius 1 is 0.788 bits per heavy atom. The molecule has 0 spiro atoms. The molecule has 0 saturated heterocycles. The van der Waals surface area contributed by atoms with Crippen LogP contribution < -0.4 is 0 Å². The Morgan fingerprint density at radius 3 is 1.94 bits per heavy atom. The van der Waals surface area contributed by atoms with E-state index in [2.05, 4.69) is 13.8 Å². The molecule has 0 aliphatic heterocycles. The third kappa shape index (κ3) is 6.65. The van der Waals surface area contributed by atoms with Crippen LogP contribution in [-0.4, -0.2) is 45.8 Å². The first-order chi connectivity index (χ1) is 15.6. The number of aromatic carboxylic acids is 3. The molecule has 2 aromatic carbocycles. The van der Waals surface area contributed by atoms with E-state index in [9.17, 15) is 34.5 Å². The molecule has 0 aliphatic rings. The Kier molecular flexibility index (Phi) is 9.15. The maximum absolute atomic E-state index is 12.9. The minimum Gasteiger partial charge on any atom is -0.478 e. The molecule has 0 amide bonds. The van der Waals surface area contributed by atoms with Gasteiger partial charge in [0.05, 0.1) is 28.9 Å². The summed E-state index contributed by atoms with van der Waals surface area (Å²) in [6.07, 6.45) is 4.40. The van der Waals surface area contributed by atoms with Crippen molar-refractivity contribution < 1.29 is 39.2 Å². The average Bonchev–Trinajstić information content (AvgIpc) is 2.76. The number of unbranched alkanes of at least 4 members (excludes halogenated alkanes) is 3. The summed E-state index contributed by atoms with van der Waals surface area (Å²) >= 11 is 0. The van der Waals surface area contributed by atoms with Gasteiger partial charge in [-0.3, -0.25) is 0 Å². The van der Waals surface area contributed by atoms with Crippen LogP contribution in [0.3, 0.4) is 0 Å². The van der Waals surface area contributed by atoms with Crippen LogP contribution in [0, 0.1) is 5.92 Å². The maximum atomic E-state index is 12.9. The highest BCUT2D eigenvalue weighted by Crippen LogP contribution is 2.32. The highest BCUT2D eigenvalue weighted by molar-refractivity contribution is 6.17. The summed E-state index contributed by atoms with van der Waals surface area (Å²) in [5.41, 5.74) is -2.72. The van der Waals surface area contributed by atoms with Gasteiger partial charge < -0.3 is 20.1 Å². The van der Waals surface area contributed by atoms with Crippen molar-refractivity contribution in [1.82, 2.24) is 0 Å².